The minimum absolute atomic E-state index is 0.486. The zero-order valence-electron chi connectivity index (χ0n) is 7.77. The molecule has 0 spiro atoms. The van der Waals surface area contributed by atoms with Gasteiger partial charge in [0.15, 0.2) is 0 Å². The van der Waals surface area contributed by atoms with Crippen LogP contribution in [0.25, 0.3) is 10.8 Å². The quantitative estimate of drug-likeness (QED) is 0.517. The van der Waals surface area contributed by atoms with Crippen LogP contribution in [0, 0.1) is 11.3 Å². The first-order valence-electron chi connectivity index (χ1n) is 4.36. The van der Waals surface area contributed by atoms with Crippen molar-refractivity contribution in [2.75, 3.05) is 0 Å². The van der Waals surface area contributed by atoms with Gasteiger partial charge < -0.3 is 0 Å². The molecule has 0 aliphatic carbocycles. The number of nitriles is 1. The molecule has 0 saturated carbocycles. The molecule has 2 aromatic carbocycles. The van der Waals surface area contributed by atoms with Gasteiger partial charge in [0.05, 0.1) is 17.3 Å². The van der Waals surface area contributed by atoms with Crippen molar-refractivity contribution >= 4 is 22.5 Å². The van der Waals surface area contributed by atoms with Crippen LogP contribution >= 0.6 is 0 Å². The minimum atomic E-state index is 0.486. The van der Waals surface area contributed by atoms with E-state index < -0.39 is 0 Å². The van der Waals surface area contributed by atoms with Gasteiger partial charge in [-0.15, -0.1) is 0 Å². The summed E-state index contributed by atoms with van der Waals surface area (Å²) in [4.78, 5) is 13.8. The fraction of sp³-hybridized carbons (Fsp3) is 0. The molecule has 2 rings (SSSR count). The lowest BCUT2D eigenvalue weighted by atomic mass is 10.1. The highest BCUT2D eigenvalue weighted by molar-refractivity contribution is 5.94. The highest BCUT2D eigenvalue weighted by atomic mass is 16.1. The molecular formula is C12H6N2O. The molecule has 0 heterocycles. The number of carbonyl (C=O) groups excluding carboxylic acids is 1. The summed E-state index contributed by atoms with van der Waals surface area (Å²) in [5, 5.41) is 10.5. The number of benzene rings is 2. The summed E-state index contributed by atoms with van der Waals surface area (Å²) in [6, 6.07) is 12.8. The molecule has 0 bridgehead atoms. The van der Waals surface area contributed by atoms with E-state index in [2.05, 4.69) is 4.99 Å². The van der Waals surface area contributed by atoms with Gasteiger partial charge in [0.1, 0.15) is 0 Å². The van der Waals surface area contributed by atoms with Gasteiger partial charge in [-0.3, -0.25) is 0 Å². The lowest BCUT2D eigenvalue weighted by Gasteiger charge is -2.00. The first-order chi connectivity index (χ1) is 7.35. The summed E-state index contributed by atoms with van der Waals surface area (Å²) in [5.74, 6) is 0. The van der Waals surface area contributed by atoms with Gasteiger partial charge >= 0.3 is 0 Å². The van der Waals surface area contributed by atoms with Gasteiger partial charge in [-0.1, -0.05) is 24.3 Å². The van der Waals surface area contributed by atoms with Crippen molar-refractivity contribution in [1.29, 1.82) is 5.26 Å². The number of isocyanates is 1. The normalized spacial score (nSPS) is 9.27. The van der Waals surface area contributed by atoms with E-state index in [1.807, 2.05) is 30.3 Å². The molecule has 0 fully saturated rings. The zero-order valence-corrected chi connectivity index (χ0v) is 7.77. The van der Waals surface area contributed by atoms with Crippen LogP contribution < -0.4 is 0 Å². The number of nitrogens with zero attached hydrogens (tertiary/aromatic N) is 2. The van der Waals surface area contributed by atoms with Crippen LogP contribution in [0.4, 0.5) is 5.69 Å². The molecule has 0 aliphatic rings. The molecule has 0 atom stereocenters. The average Bonchev–Trinajstić information content (AvgIpc) is 2.29. The monoisotopic (exact) mass is 194 g/mol. The maximum absolute atomic E-state index is 10.2. The highest BCUT2D eigenvalue weighted by Crippen LogP contribution is 2.27. The molecule has 0 saturated heterocycles. The molecule has 15 heavy (non-hydrogen) atoms. The Morgan fingerprint density at radius 1 is 1.20 bits per heavy atom. The van der Waals surface area contributed by atoms with Crippen LogP contribution in [0.3, 0.4) is 0 Å². The second kappa shape index (κ2) is 3.75. The summed E-state index contributed by atoms with van der Waals surface area (Å²) >= 11 is 0. The Bertz CT molecular complexity index is 605. The molecular weight excluding hydrogens is 188 g/mol. The fourth-order valence-corrected chi connectivity index (χ4v) is 1.50. The van der Waals surface area contributed by atoms with Crippen LogP contribution in [-0.2, 0) is 4.79 Å². The third kappa shape index (κ3) is 1.62. The molecule has 2 aromatic rings. The van der Waals surface area contributed by atoms with Gasteiger partial charge in [-0.2, -0.15) is 10.3 Å². The lowest BCUT2D eigenvalue weighted by Crippen LogP contribution is -1.78. The van der Waals surface area contributed by atoms with Crippen molar-refractivity contribution in [3.05, 3.63) is 42.0 Å². The maximum atomic E-state index is 10.2. The van der Waals surface area contributed by atoms with Crippen molar-refractivity contribution in [2.24, 2.45) is 4.99 Å². The summed E-state index contributed by atoms with van der Waals surface area (Å²) in [6.45, 7) is 0. The Labute approximate surface area is 86.3 Å². The molecule has 0 N–H and O–H groups in total. The zero-order chi connectivity index (χ0) is 10.7. The van der Waals surface area contributed by atoms with Crippen molar-refractivity contribution < 1.29 is 4.79 Å². The van der Waals surface area contributed by atoms with E-state index in [1.165, 1.54) is 6.08 Å². The molecule has 70 valence electrons. The maximum Gasteiger partial charge on any atom is 0.240 e. The highest BCUT2D eigenvalue weighted by Gasteiger charge is 2.02. The van der Waals surface area contributed by atoms with E-state index in [9.17, 15) is 4.79 Å². The second-order valence-corrected chi connectivity index (χ2v) is 3.03. The predicted octanol–water partition coefficient (Wildman–Crippen LogP) is 2.68. The molecule has 3 heteroatoms. The molecule has 0 aliphatic heterocycles. The van der Waals surface area contributed by atoms with Gasteiger partial charge in [0.2, 0.25) is 6.08 Å². The van der Waals surface area contributed by atoms with E-state index >= 15 is 0 Å². The SMILES string of the molecule is N#Cc1cc(N=C=O)c2ccccc2c1. The number of aliphatic imine (C=N–C) groups is 1. The Kier molecular flexibility index (Phi) is 2.28. The predicted molar refractivity (Wildman–Crippen MR) is 56.4 cm³/mol. The Hall–Kier alpha value is -2.43. The van der Waals surface area contributed by atoms with Gasteiger partial charge in [-0.05, 0) is 17.5 Å². The third-order valence-electron chi connectivity index (χ3n) is 2.14. The second-order valence-electron chi connectivity index (χ2n) is 3.03. The Balaban J connectivity index is 2.87. The molecule has 0 amide bonds. The number of hydrogen-bond acceptors (Lipinski definition) is 3. The van der Waals surface area contributed by atoms with Crippen LogP contribution in [0.15, 0.2) is 41.4 Å². The average molecular weight is 194 g/mol. The summed E-state index contributed by atoms with van der Waals surface area (Å²) in [6.07, 6.45) is 1.49. The van der Waals surface area contributed by atoms with Crippen LogP contribution in [-0.4, -0.2) is 6.08 Å². The third-order valence-corrected chi connectivity index (χ3v) is 2.14. The summed E-state index contributed by atoms with van der Waals surface area (Å²) in [7, 11) is 0. The largest absolute Gasteiger partial charge is 0.240 e. The van der Waals surface area contributed by atoms with Crippen molar-refractivity contribution in [3.63, 3.8) is 0 Å². The van der Waals surface area contributed by atoms with Gasteiger partial charge in [-0.25, -0.2) is 4.79 Å². The number of hydrogen-bond donors (Lipinski definition) is 0. The number of fused-ring (bicyclic) bond motifs is 1. The van der Waals surface area contributed by atoms with Crippen LogP contribution in [0.5, 0.6) is 0 Å². The van der Waals surface area contributed by atoms with E-state index in [-0.39, 0.29) is 0 Å². The first kappa shape index (κ1) is 9.14. The molecule has 0 aromatic heterocycles. The smallest absolute Gasteiger partial charge is 0.211 e. The summed E-state index contributed by atoms with van der Waals surface area (Å²) in [5.41, 5.74) is 0.974. The Morgan fingerprint density at radius 3 is 2.73 bits per heavy atom. The lowest BCUT2D eigenvalue weighted by molar-refractivity contribution is 0.565. The first-order valence-corrected chi connectivity index (χ1v) is 4.36. The van der Waals surface area contributed by atoms with Crippen LogP contribution in [0.2, 0.25) is 0 Å². The summed E-state index contributed by atoms with van der Waals surface area (Å²) < 4.78 is 0. The van der Waals surface area contributed by atoms with Crippen LogP contribution in [0.1, 0.15) is 5.56 Å². The topological polar surface area (TPSA) is 53.2 Å². The van der Waals surface area contributed by atoms with Crippen molar-refractivity contribution in [3.8, 4) is 6.07 Å². The van der Waals surface area contributed by atoms with Crippen molar-refractivity contribution in [1.82, 2.24) is 0 Å². The molecule has 0 radical (unpaired) electrons. The molecule has 0 unspecified atom stereocenters. The standard InChI is InChI=1S/C12H6N2O/c13-7-9-5-10-3-1-2-4-11(10)12(6-9)14-8-15/h1-6H. The van der Waals surface area contributed by atoms with Gasteiger partial charge in [0.25, 0.3) is 0 Å². The van der Waals surface area contributed by atoms with Gasteiger partial charge in [0, 0.05) is 5.39 Å². The Morgan fingerprint density at radius 2 is 2.00 bits per heavy atom. The molecule has 3 nitrogen and oxygen atoms in total. The van der Waals surface area contributed by atoms with E-state index in [0.717, 1.165) is 10.8 Å². The number of rotatable bonds is 1. The fourth-order valence-electron chi connectivity index (χ4n) is 1.50. The van der Waals surface area contributed by atoms with Crippen molar-refractivity contribution in [2.45, 2.75) is 0 Å². The van der Waals surface area contributed by atoms with E-state index in [1.54, 1.807) is 12.1 Å². The van der Waals surface area contributed by atoms with E-state index in [0.29, 0.717) is 11.3 Å². The van der Waals surface area contributed by atoms with E-state index in [4.69, 9.17) is 5.26 Å². The minimum Gasteiger partial charge on any atom is -0.211 e.